The van der Waals surface area contributed by atoms with E-state index in [-0.39, 0.29) is 0 Å². The Hall–Kier alpha value is 0.310. The van der Waals surface area contributed by atoms with Crippen molar-refractivity contribution in [3.05, 3.63) is 5.94 Å². The van der Waals surface area contributed by atoms with E-state index in [1.54, 1.807) is 17.7 Å². The monoisotopic (exact) mass is 117 g/mol. The molecule has 0 aromatic heterocycles. The molecule has 1 rings (SSSR count). The van der Waals surface area contributed by atoms with Crippen LogP contribution in [0.2, 0.25) is 0 Å². The van der Waals surface area contributed by atoms with E-state index in [9.17, 15) is 0 Å². The van der Waals surface area contributed by atoms with E-state index >= 15 is 0 Å². The second-order valence-corrected chi connectivity index (χ2v) is 3.82. The van der Waals surface area contributed by atoms with E-state index in [2.05, 4.69) is 13.8 Å². The predicted octanol–water partition coefficient (Wildman–Crippen LogP) is 1.65. The van der Waals surface area contributed by atoms with Gasteiger partial charge in [0.15, 0.2) is 0 Å². The zero-order valence-electron chi connectivity index (χ0n) is 4.60. The summed E-state index contributed by atoms with van der Waals surface area (Å²) in [6.07, 6.45) is 0. The molecule has 1 aliphatic heterocycles. The molecule has 1 heterocycles. The summed E-state index contributed by atoms with van der Waals surface area (Å²) in [7, 11) is 0. The van der Waals surface area contributed by atoms with Crippen molar-refractivity contribution >= 4 is 11.8 Å². The van der Waals surface area contributed by atoms with Gasteiger partial charge in [-0.15, -0.1) is 11.8 Å². The van der Waals surface area contributed by atoms with Crippen LogP contribution in [0.1, 0.15) is 13.8 Å². The number of rotatable bonds is 0. The number of ether oxygens (including phenoxy) is 1. The molecule has 0 aliphatic carbocycles. The van der Waals surface area contributed by atoms with Gasteiger partial charge in [-0.25, -0.2) is 0 Å². The Morgan fingerprint density at radius 1 is 1.71 bits per heavy atom. The molecule has 0 bridgehead atoms. The molecule has 1 saturated heterocycles. The molecular weight excluding hydrogens is 108 g/mol. The Morgan fingerprint density at radius 2 is 2.43 bits per heavy atom. The zero-order chi connectivity index (χ0) is 5.33. The van der Waals surface area contributed by atoms with Crippen LogP contribution >= 0.6 is 11.8 Å². The maximum Gasteiger partial charge on any atom is 0.139 e. The molecule has 0 amide bonds. The average Bonchev–Trinajstić information content (AvgIpc) is 1.84. The van der Waals surface area contributed by atoms with Gasteiger partial charge in [0.05, 0.1) is 6.61 Å². The first-order chi connectivity index (χ1) is 3.21. The van der Waals surface area contributed by atoms with E-state index in [0.29, 0.717) is 4.75 Å². The third-order valence-corrected chi connectivity index (χ3v) is 1.85. The molecule has 0 saturated carbocycles. The first-order valence-corrected chi connectivity index (χ1v) is 3.20. The van der Waals surface area contributed by atoms with E-state index in [4.69, 9.17) is 4.74 Å². The Bertz CT molecular complexity index is 62.5. The van der Waals surface area contributed by atoms with Crippen LogP contribution in [0.25, 0.3) is 0 Å². The lowest BCUT2D eigenvalue weighted by atomic mass is 10.2. The summed E-state index contributed by atoms with van der Waals surface area (Å²) >= 11 is 1.75. The minimum absolute atomic E-state index is 0.333. The second-order valence-electron chi connectivity index (χ2n) is 2.28. The SMILES string of the molecule is CC1(C)CO[CH]S1. The van der Waals surface area contributed by atoms with Crippen molar-refractivity contribution < 1.29 is 4.74 Å². The summed E-state index contributed by atoms with van der Waals surface area (Å²) in [5, 5.41) is 0. The summed E-state index contributed by atoms with van der Waals surface area (Å²) in [6.45, 7) is 5.19. The van der Waals surface area contributed by atoms with Crippen LogP contribution in [0, 0.1) is 5.94 Å². The maximum absolute atomic E-state index is 5.00. The minimum atomic E-state index is 0.333. The van der Waals surface area contributed by atoms with Gasteiger partial charge < -0.3 is 4.74 Å². The van der Waals surface area contributed by atoms with E-state index < -0.39 is 0 Å². The Kier molecular flexibility index (Phi) is 1.30. The molecule has 1 nitrogen and oxygen atoms in total. The first kappa shape index (κ1) is 5.45. The molecule has 1 aliphatic rings. The van der Waals surface area contributed by atoms with Crippen molar-refractivity contribution in [2.45, 2.75) is 18.6 Å². The highest BCUT2D eigenvalue weighted by atomic mass is 32.2. The molecule has 0 aromatic rings. The molecule has 0 unspecified atom stereocenters. The van der Waals surface area contributed by atoms with Crippen LogP contribution in [0.4, 0.5) is 0 Å². The van der Waals surface area contributed by atoms with Gasteiger partial charge in [-0.2, -0.15) is 0 Å². The van der Waals surface area contributed by atoms with Crippen LogP contribution in [-0.4, -0.2) is 11.4 Å². The molecule has 0 spiro atoms. The van der Waals surface area contributed by atoms with E-state index in [1.165, 1.54) is 0 Å². The van der Waals surface area contributed by atoms with Crippen molar-refractivity contribution in [1.29, 1.82) is 0 Å². The fourth-order valence-electron chi connectivity index (χ4n) is 0.433. The molecule has 1 radical (unpaired) electrons. The van der Waals surface area contributed by atoms with Crippen LogP contribution in [0.5, 0.6) is 0 Å². The van der Waals surface area contributed by atoms with Crippen molar-refractivity contribution in [3.8, 4) is 0 Å². The van der Waals surface area contributed by atoms with Gasteiger partial charge in [0.25, 0.3) is 0 Å². The van der Waals surface area contributed by atoms with Gasteiger partial charge in [0.1, 0.15) is 5.94 Å². The standard InChI is InChI=1S/C5H9OS/c1-5(2)3-6-4-7-5/h4H,3H2,1-2H3. The summed E-state index contributed by atoms with van der Waals surface area (Å²) in [6, 6.07) is 0. The van der Waals surface area contributed by atoms with Crippen LogP contribution in [0.3, 0.4) is 0 Å². The molecule has 41 valence electrons. The molecule has 0 atom stereocenters. The van der Waals surface area contributed by atoms with E-state index in [0.717, 1.165) is 6.61 Å². The molecule has 2 heteroatoms. The highest BCUT2D eigenvalue weighted by molar-refractivity contribution is 8.02. The molecule has 1 fully saturated rings. The van der Waals surface area contributed by atoms with Gasteiger partial charge in [-0.3, -0.25) is 0 Å². The number of hydrogen-bond donors (Lipinski definition) is 0. The highest BCUT2D eigenvalue weighted by Crippen LogP contribution is 2.33. The Labute approximate surface area is 48.4 Å². The molecule has 0 N–H and O–H groups in total. The summed E-state index contributed by atoms with van der Waals surface area (Å²) in [5.41, 5.74) is 0. The van der Waals surface area contributed by atoms with Gasteiger partial charge in [0.2, 0.25) is 0 Å². The second kappa shape index (κ2) is 1.67. The topological polar surface area (TPSA) is 9.23 Å². The summed E-state index contributed by atoms with van der Waals surface area (Å²) < 4.78 is 5.33. The van der Waals surface area contributed by atoms with Crippen molar-refractivity contribution in [2.24, 2.45) is 0 Å². The quantitative estimate of drug-likeness (QED) is 0.477. The first-order valence-electron chi connectivity index (χ1n) is 2.32. The Balaban J connectivity index is 2.40. The number of thioether (sulfide) groups is 1. The van der Waals surface area contributed by atoms with E-state index in [1.807, 2.05) is 0 Å². The lowest BCUT2D eigenvalue weighted by molar-refractivity contribution is 0.229. The largest absolute Gasteiger partial charge is 0.362 e. The smallest absolute Gasteiger partial charge is 0.139 e. The van der Waals surface area contributed by atoms with Gasteiger partial charge in [-0.05, 0) is 13.8 Å². The third kappa shape index (κ3) is 1.35. The van der Waals surface area contributed by atoms with Gasteiger partial charge in [-0.1, -0.05) is 0 Å². The van der Waals surface area contributed by atoms with Crippen molar-refractivity contribution in [2.75, 3.05) is 6.61 Å². The molecule has 7 heavy (non-hydrogen) atoms. The maximum atomic E-state index is 5.00. The van der Waals surface area contributed by atoms with Crippen LogP contribution in [0.15, 0.2) is 0 Å². The lowest BCUT2D eigenvalue weighted by Crippen LogP contribution is -2.13. The average molecular weight is 117 g/mol. The molecule has 0 aromatic carbocycles. The van der Waals surface area contributed by atoms with Gasteiger partial charge in [0, 0.05) is 4.75 Å². The minimum Gasteiger partial charge on any atom is -0.362 e. The fraction of sp³-hybridized carbons (Fsp3) is 0.800. The third-order valence-electron chi connectivity index (χ3n) is 0.866. The van der Waals surface area contributed by atoms with Crippen molar-refractivity contribution in [1.82, 2.24) is 0 Å². The normalized spacial score (nSPS) is 28.3. The summed E-state index contributed by atoms with van der Waals surface area (Å²) in [5.74, 6) is 1.81. The Morgan fingerprint density at radius 3 is 2.57 bits per heavy atom. The predicted molar refractivity (Wildman–Crippen MR) is 31.9 cm³/mol. The molecular formula is C5H9OS. The van der Waals surface area contributed by atoms with Gasteiger partial charge >= 0.3 is 0 Å². The highest BCUT2D eigenvalue weighted by Gasteiger charge is 2.24. The fourth-order valence-corrected chi connectivity index (χ4v) is 0.966. The zero-order valence-corrected chi connectivity index (χ0v) is 5.42. The number of hydrogen-bond acceptors (Lipinski definition) is 2. The lowest BCUT2D eigenvalue weighted by Gasteiger charge is -2.10. The summed E-state index contributed by atoms with van der Waals surface area (Å²) in [4.78, 5) is 0. The van der Waals surface area contributed by atoms with Crippen LogP contribution in [-0.2, 0) is 4.74 Å². The van der Waals surface area contributed by atoms with Crippen molar-refractivity contribution in [3.63, 3.8) is 0 Å². The van der Waals surface area contributed by atoms with Crippen LogP contribution < -0.4 is 0 Å².